The molecule has 1 atom stereocenters. The number of benzene rings is 7. The standard InChI is InChI=1S/C44H25F2NOS/c45-26-13-17-28(18-14-26)47(29-19-15-27(46)16-20-29)30-21-22-33-31-7-1-4-10-37(31)44(39(33)23-30)38-11-5-2-8-32(38)35-25-42-36(24-40(35)44)43(48)34-9-3-6-12-41(34)49-42/h1-25H. The van der Waals surface area contributed by atoms with Crippen LogP contribution in [0.4, 0.5) is 25.8 Å². The van der Waals surface area contributed by atoms with Crippen molar-refractivity contribution in [2.45, 2.75) is 5.41 Å². The number of anilines is 3. The van der Waals surface area contributed by atoms with E-state index in [0.29, 0.717) is 0 Å². The summed E-state index contributed by atoms with van der Waals surface area (Å²) in [4.78, 5) is 16.1. The van der Waals surface area contributed by atoms with E-state index in [4.69, 9.17) is 0 Å². The molecule has 49 heavy (non-hydrogen) atoms. The van der Waals surface area contributed by atoms with Crippen molar-refractivity contribution >= 4 is 48.6 Å². The van der Waals surface area contributed by atoms with Gasteiger partial charge >= 0.3 is 0 Å². The van der Waals surface area contributed by atoms with Gasteiger partial charge in [0.2, 0.25) is 0 Å². The molecule has 0 fully saturated rings. The third-order valence-electron chi connectivity index (χ3n) is 10.2. The van der Waals surface area contributed by atoms with Crippen LogP contribution in [0.25, 0.3) is 42.4 Å². The normalized spacial score (nSPS) is 15.3. The first kappa shape index (κ1) is 28.1. The largest absolute Gasteiger partial charge is 0.310 e. The van der Waals surface area contributed by atoms with Crippen molar-refractivity contribution in [3.63, 3.8) is 0 Å². The van der Waals surface area contributed by atoms with E-state index in [0.717, 1.165) is 70.6 Å². The number of halogens is 2. The smallest absolute Gasteiger partial charge is 0.195 e. The highest BCUT2D eigenvalue weighted by Crippen LogP contribution is 2.63. The first-order valence-corrected chi connectivity index (χ1v) is 17.0. The lowest BCUT2D eigenvalue weighted by molar-refractivity contribution is 0.628. The van der Waals surface area contributed by atoms with E-state index in [1.54, 1.807) is 35.6 Å². The van der Waals surface area contributed by atoms with Gasteiger partial charge in [-0.1, -0.05) is 66.7 Å². The van der Waals surface area contributed by atoms with E-state index in [-0.39, 0.29) is 17.1 Å². The van der Waals surface area contributed by atoms with Crippen molar-refractivity contribution in [1.29, 1.82) is 0 Å². The average molecular weight is 654 g/mol. The quantitative estimate of drug-likeness (QED) is 0.177. The second-order valence-corrected chi connectivity index (χ2v) is 13.8. The molecule has 2 nitrogen and oxygen atoms in total. The summed E-state index contributed by atoms with van der Waals surface area (Å²) in [5.74, 6) is -0.659. The number of hydrogen-bond donors (Lipinski definition) is 0. The van der Waals surface area contributed by atoms with Gasteiger partial charge in [0.05, 0.1) is 5.41 Å². The Morgan fingerprint density at radius 1 is 0.449 bits per heavy atom. The van der Waals surface area contributed by atoms with Gasteiger partial charge in [-0.3, -0.25) is 4.79 Å². The summed E-state index contributed by atoms with van der Waals surface area (Å²) in [5.41, 5.74) is 10.7. The van der Waals surface area contributed by atoms with Gasteiger partial charge in [-0.25, -0.2) is 8.78 Å². The summed E-state index contributed by atoms with van der Waals surface area (Å²) in [7, 11) is 0. The monoisotopic (exact) mass is 653 g/mol. The van der Waals surface area contributed by atoms with Crippen LogP contribution >= 0.6 is 11.3 Å². The minimum absolute atomic E-state index is 0.0392. The zero-order valence-electron chi connectivity index (χ0n) is 26.0. The van der Waals surface area contributed by atoms with Gasteiger partial charge in [-0.2, -0.15) is 0 Å². The summed E-state index contributed by atoms with van der Waals surface area (Å²) < 4.78 is 30.3. The molecule has 0 radical (unpaired) electrons. The van der Waals surface area contributed by atoms with Crippen molar-refractivity contribution in [1.82, 2.24) is 0 Å². The molecular weight excluding hydrogens is 629 g/mol. The predicted molar refractivity (Wildman–Crippen MR) is 196 cm³/mol. The lowest BCUT2D eigenvalue weighted by Crippen LogP contribution is -2.26. The van der Waals surface area contributed by atoms with Gasteiger partial charge < -0.3 is 4.90 Å². The van der Waals surface area contributed by atoms with Gasteiger partial charge in [0.15, 0.2) is 5.43 Å². The second kappa shape index (κ2) is 10.3. The predicted octanol–water partition coefficient (Wildman–Crippen LogP) is 11.5. The van der Waals surface area contributed by atoms with E-state index in [2.05, 4.69) is 78.9 Å². The van der Waals surface area contributed by atoms with Crippen molar-refractivity contribution in [2.75, 3.05) is 4.90 Å². The molecule has 0 bridgehead atoms. The van der Waals surface area contributed by atoms with Gasteiger partial charge in [0.1, 0.15) is 11.6 Å². The molecule has 10 rings (SSSR count). The van der Waals surface area contributed by atoms with E-state index >= 15 is 0 Å². The molecular formula is C44H25F2NOS. The van der Waals surface area contributed by atoms with Crippen LogP contribution in [0, 0.1) is 11.6 Å². The summed E-state index contributed by atoms with van der Waals surface area (Å²) in [6.45, 7) is 0. The molecule has 232 valence electrons. The molecule has 0 amide bonds. The van der Waals surface area contributed by atoms with Gasteiger partial charge in [0, 0.05) is 37.2 Å². The van der Waals surface area contributed by atoms with Crippen LogP contribution in [-0.4, -0.2) is 0 Å². The maximum absolute atomic E-state index is 14.2. The summed E-state index contributed by atoms with van der Waals surface area (Å²) in [6.07, 6.45) is 0. The second-order valence-electron chi connectivity index (χ2n) is 12.7. The van der Waals surface area contributed by atoms with E-state index in [9.17, 15) is 13.6 Å². The minimum Gasteiger partial charge on any atom is -0.310 e. The lowest BCUT2D eigenvalue weighted by atomic mass is 9.70. The van der Waals surface area contributed by atoms with Gasteiger partial charge in [0.25, 0.3) is 0 Å². The summed E-state index contributed by atoms with van der Waals surface area (Å²) >= 11 is 1.65. The number of rotatable bonds is 3. The third kappa shape index (κ3) is 3.88. The molecule has 2 aliphatic carbocycles. The van der Waals surface area contributed by atoms with Crippen LogP contribution in [0.5, 0.6) is 0 Å². The van der Waals surface area contributed by atoms with Crippen LogP contribution < -0.4 is 10.3 Å². The third-order valence-corrected chi connectivity index (χ3v) is 11.3. The van der Waals surface area contributed by atoms with Crippen molar-refractivity contribution in [2.24, 2.45) is 0 Å². The Kier molecular flexibility index (Phi) is 5.91. The highest BCUT2D eigenvalue weighted by Gasteiger charge is 2.52. The van der Waals surface area contributed by atoms with Gasteiger partial charge in [-0.05, 0) is 129 Å². The Hall–Kier alpha value is -5.91. The molecule has 7 aromatic carbocycles. The molecule has 0 aliphatic heterocycles. The molecule has 5 heteroatoms. The Morgan fingerprint density at radius 2 is 0.980 bits per heavy atom. The Morgan fingerprint density at radius 3 is 1.65 bits per heavy atom. The molecule has 8 aromatic rings. The van der Waals surface area contributed by atoms with Crippen LogP contribution in [0.2, 0.25) is 0 Å². The first-order chi connectivity index (χ1) is 24.0. The van der Waals surface area contributed by atoms with Crippen molar-refractivity contribution in [3.8, 4) is 22.3 Å². The van der Waals surface area contributed by atoms with E-state index in [1.165, 1.54) is 35.4 Å². The fourth-order valence-corrected chi connectivity index (χ4v) is 9.28. The van der Waals surface area contributed by atoms with E-state index in [1.807, 2.05) is 29.2 Å². The van der Waals surface area contributed by atoms with Crippen LogP contribution in [0.1, 0.15) is 22.3 Å². The van der Waals surface area contributed by atoms with Gasteiger partial charge in [-0.15, -0.1) is 11.3 Å². The highest BCUT2D eigenvalue weighted by molar-refractivity contribution is 7.24. The maximum atomic E-state index is 14.2. The zero-order valence-corrected chi connectivity index (χ0v) is 26.8. The van der Waals surface area contributed by atoms with Crippen LogP contribution in [0.15, 0.2) is 156 Å². The highest BCUT2D eigenvalue weighted by atomic mass is 32.1. The number of nitrogens with zero attached hydrogens (tertiary/aromatic N) is 1. The lowest BCUT2D eigenvalue weighted by Gasteiger charge is -2.32. The fourth-order valence-electron chi connectivity index (χ4n) is 8.19. The first-order valence-electron chi connectivity index (χ1n) is 16.2. The molecule has 0 saturated heterocycles. The molecule has 0 N–H and O–H groups in total. The summed E-state index contributed by atoms with van der Waals surface area (Å²) in [5, 5.41) is 1.45. The number of fused-ring (bicyclic) bond motifs is 12. The van der Waals surface area contributed by atoms with E-state index < -0.39 is 5.41 Å². The minimum atomic E-state index is -0.692. The average Bonchev–Trinajstić information content (AvgIpc) is 3.59. The Labute approximate surface area is 284 Å². The van der Waals surface area contributed by atoms with Crippen molar-refractivity contribution < 1.29 is 8.78 Å². The molecule has 1 heterocycles. The molecule has 2 aliphatic rings. The maximum Gasteiger partial charge on any atom is 0.195 e. The van der Waals surface area contributed by atoms with Crippen LogP contribution in [-0.2, 0) is 5.41 Å². The van der Waals surface area contributed by atoms with Crippen molar-refractivity contribution in [3.05, 3.63) is 196 Å². The fraction of sp³-hybridized carbons (Fsp3) is 0.0227. The summed E-state index contributed by atoms with van der Waals surface area (Å²) in [6, 6.07) is 48.5. The molecule has 1 aromatic heterocycles. The van der Waals surface area contributed by atoms with Crippen LogP contribution in [0.3, 0.4) is 0 Å². The molecule has 1 spiro atoms. The zero-order chi connectivity index (χ0) is 32.9. The molecule has 1 unspecified atom stereocenters. The topological polar surface area (TPSA) is 20.3 Å². The molecule has 0 saturated carbocycles. The Balaban J connectivity index is 1.30. The Bertz CT molecular complexity index is 2670. The SMILES string of the molecule is O=c1c2ccccc2sc2cc3c(cc12)C1(c2ccccc2-c2ccc(N(c4ccc(F)cc4)c4ccc(F)cc4)cc21)c1ccccc1-3. The number of hydrogen-bond acceptors (Lipinski definition) is 3.